The van der Waals surface area contributed by atoms with Crippen molar-refractivity contribution in [2.75, 3.05) is 33.3 Å². The van der Waals surface area contributed by atoms with Gasteiger partial charge in [0.25, 0.3) is 0 Å². The number of carbonyl (C=O) groups is 3. The van der Waals surface area contributed by atoms with Gasteiger partial charge in [0, 0.05) is 36.1 Å². The lowest BCUT2D eigenvalue weighted by molar-refractivity contribution is -0.135. The van der Waals surface area contributed by atoms with E-state index in [-0.39, 0.29) is 41.8 Å². The summed E-state index contributed by atoms with van der Waals surface area (Å²) in [5, 5.41) is 32.1. The van der Waals surface area contributed by atoms with E-state index >= 15 is 0 Å². The van der Waals surface area contributed by atoms with Crippen LogP contribution in [0, 0.1) is 0 Å². The fraction of sp³-hybridized carbons (Fsp3) is 0.564. The van der Waals surface area contributed by atoms with E-state index in [0.717, 1.165) is 77.5 Å². The van der Waals surface area contributed by atoms with E-state index in [0.29, 0.717) is 26.2 Å². The summed E-state index contributed by atoms with van der Waals surface area (Å²) >= 11 is 0. The Morgan fingerprint density at radius 3 is 2.49 bits per heavy atom. The standard InChI is InChI=1S/C39H53N7O7/c1-22(47)17-34(49)40-15-7-6-10-33-41-20-28(43-33)25-11-13-26-32(19-25)53-31-14-12-24(18-27(31)39(26,3)4)29-21-42-36(44-29)30-9-8-16-46(30)37(50)35(23(2)48)45-38(51)52-5/h11-14,18-19,22-23,28-30,35,47-48H,6-10,15-17,20-21H2,1-5H3,(H,40,49)(H,41,43)(H,42,44)(H,45,51)/t22-,23-,28?,29?,30-,35-/m0/s1. The second kappa shape index (κ2) is 16.1. The number of amides is 3. The Bertz CT molecular complexity index is 1760. The summed E-state index contributed by atoms with van der Waals surface area (Å²) in [6, 6.07) is 11.3. The molecule has 2 aromatic rings. The van der Waals surface area contributed by atoms with E-state index in [4.69, 9.17) is 14.7 Å². The van der Waals surface area contributed by atoms with Crippen LogP contribution in [-0.4, -0.2) is 102 Å². The first-order valence-corrected chi connectivity index (χ1v) is 18.7. The number of nitrogens with one attached hydrogen (secondary N) is 4. The van der Waals surface area contributed by atoms with Crippen LogP contribution in [0.1, 0.15) is 101 Å². The first-order chi connectivity index (χ1) is 25.3. The maximum absolute atomic E-state index is 13.5. The molecule has 0 aromatic heterocycles. The van der Waals surface area contributed by atoms with Crippen molar-refractivity contribution in [2.24, 2.45) is 9.98 Å². The molecule has 53 heavy (non-hydrogen) atoms. The second-order valence-corrected chi connectivity index (χ2v) is 15.0. The van der Waals surface area contributed by atoms with Gasteiger partial charge in [-0.2, -0.15) is 0 Å². The first kappa shape index (κ1) is 38.0. The third-order valence-electron chi connectivity index (χ3n) is 10.7. The predicted molar refractivity (Wildman–Crippen MR) is 200 cm³/mol. The zero-order chi connectivity index (χ0) is 37.9. The molecule has 4 aliphatic heterocycles. The summed E-state index contributed by atoms with van der Waals surface area (Å²) in [6.07, 6.45) is 1.70. The number of nitrogens with zero attached hydrogens (tertiary/aromatic N) is 3. The highest BCUT2D eigenvalue weighted by Gasteiger charge is 2.41. The number of aliphatic hydroxyl groups excluding tert-OH is 2. The van der Waals surface area contributed by atoms with Crippen molar-refractivity contribution >= 4 is 29.6 Å². The Kier molecular flexibility index (Phi) is 11.6. The zero-order valence-electron chi connectivity index (χ0n) is 31.3. The molecule has 4 heterocycles. The van der Waals surface area contributed by atoms with Gasteiger partial charge in [0.2, 0.25) is 11.8 Å². The summed E-state index contributed by atoms with van der Waals surface area (Å²) < 4.78 is 11.2. The van der Waals surface area contributed by atoms with Crippen molar-refractivity contribution in [3.05, 3.63) is 58.7 Å². The van der Waals surface area contributed by atoms with E-state index in [9.17, 15) is 24.6 Å². The van der Waals surface area contributed by atoms with E-state index in [1.165, 1.54) is 14.0 Å². The molecular weight excluding hydrogens is 678 g/mol. The van der Waals surface area contributed by atoms with Gasteiger partial charge in [0.15, 0.2) is 0 Å². The summed E-state index contributed by atoms with van der Waals surface area (Å²) in [7, 11) is 1.22. The van der Waals surface area contributed by atoms with Gasteiger partial charge >= 0.3 is 6.09 Å². The van der Waals surface area contributed by atoms with Crippen LogP contribution in [0.4, 0.5) is 4.79 Å². The molecule has 14 nitrogen and oxygen atoms in total. The van der Waals surface area contributed by atoms with Crippen LogP contribution in [0.2, 0.25) is 0 Å². The molecule has 0 bridgehead atoms. The highest BCUT2D eigenvalue weighted by Crippen LogP contribution is 2.49. The lowest BCUT2D eigenvalue weighted by atomic mass is 9.74. The van der Waals surface area contributed by atoms with Crippen LogP contribution in [0.25, 0.3) is 0 Å². The minimum absolute atomic E-state index is 0.0623. The van der Waals surface area contributed by atoms with E-state index in [1.54, 1.807) is 11.8 Å². The van der Waals surface area contributed by atoms with Crippen molar-refractivity contribution in [1.29, 1.82) is 0 Å². The maximum Gasteiger partial charge on any atom is 0.407 e. The van der Waals surface area contributed by atoms with Gasteiger partial charge in [0.1, 0.15) is 23.4 Å². The van der Waals surface area contributed by atoms with Gasteiger partial charge in [-0.1, -0.05) is 32.0 Å². The van der Waals surface area contributed by atoms with Crippen LogP contribution in [-0.2, 0) is 19.7 Å². The highest BCUT2D eigenvalue weighted by atomic mass is 16.5. The fourth-order valence-electron chi connectivity index (χ4n) is 7.70. The zero-order valence-corrected chi connectivity index (χ0v) is 31.3. The average molecular weight is 732 g/mol. The maximum atomic E-state index is 13.5. The fourth-order valence-corrected chi connectivity index (χ4v) is 7.70. The molecule has 2 aromatic carbocycles. The second-order valence-electron chi connectivity index (χ2n) is 15.0. The number of amidine groups is 2. The van der Waals surface area contributed by atoms with Gasteiger partial charge in [0.05, 0.1) is 62.8 Å². The molecule has 3 amide bonds. The Morgan fingerprint density at radius 2 is 1.74 bits per heavy atom. The summed E-state index contributed by atoms with van der Waals surface area (Å²) in [6.45, 7) is 9.77. The third kappa shape index (κ3) is 8.43. The predicted octanol–water partition coefficient (Wildman–Crippen LogP) is 3.36. The Balaban J connectivity index is 1.06. The largest absolute Gasteiger partial charge is 0.457 e. The molecule has 0 radical (unpaired) electrons. The summed E-state index contributed by atoms with van der Waals surface area (Å²) in [4.78, 5) is 48.4. The number of aliphatic hydroxyl groups is 2. The van der Waals surface area contributed by atoms with Crippen LogP contribution in [0.3, 0.4) is 0 Å². The van der Waals surface area contributed by atoms with Gasteiger partial charge in [-0.25, -0.2) is 4.79 Å². The van der Waals surface area contributed by atoms with E-state index in [1.807, 2.05) is 6.07 Å². The molecule has 4 aliphatic rings. The molecule has 1 fully saturated rings. The molecule has 286 valence electrons. The van der Waals surface area contributed by atoms with E-state index < -0.39 is 24.3 Å². The number of likely N-dealkylation sites (tertiary alicyclic amines) is 1. The number of aliphatic imine (C=N–C) groups is 2. The van der Waals surface area contributed by atoms with Crippen molar-refractivity contribution in [3.63, 3.8) is 0 Å². The van der Waals surface area contributed by atoms with Crippen LogP contribution < -0.4 is 26.0 Å². The van der Waals surface area contributed by atoms with Crippen molar-refractivity contribution in [2.45, 2.75) is 108 Å². The minimum atomic E-state index is -1.12. The summed E-state index contributed by atoms with van der Waals surface area (Å²) in [5.74, 6) is 2.87. The van der Waals surface area contributed by atoms with Crippen LogP contribution in [0.15, 0.2) is 46.4 Å². The van der Waals surface area contributed by atoms with Gasteiger partial charge < -0.3 is 45.9 Å². The molecule has 6 atom stereocenters. The number of benzene rings is 2. The monoisotopic (exact) mass is 731 g/mol. The smallest absolute Gasteiger partial charge is 0.407 e. The molecule has 6 N–H and O–H groups in total. The van der Waals surface area contributed by atoms with Crippen LogP contribution >= 0.6 is 0 Å². The lowest BCUT2D eigenvalue weighted by Crippen LogP contribution is -2.56. The number of unbranched alkanes of at least 4 members (excludes halogenated alkanes) is 1. The number of alkyl carbamates (subject to hydrolysis) is 1. The number of fused-ring (bicyclic) bond motifs is 2. The third-order valence-corrected chi connectivity index (χ3v) is 10.7. The first-order valence-electron chi connectivity index (χ1n) is 18.7. The Morgan fingerprint density at radius 1 is 1.00 bits per heavy atom. The molecule has 0 saturated carbocycles. The molecule has 6 rings (SSSR count). The van der Waals surface area contributed by atoms with Crippen LogP contribution in [0.5, 0.6) is 11.5 Å². The lowest BCUT2D eigenvalue weighted by Gasteiger charge is -2.35. The summed E-state index contributed by atoms with van der Waals surface area (Å²) in [5.41, 5.74) is 4.05. The molecular formula is C39H53N7O7. The molecule has 2 unspecified atom stereocenters. The number of carbonyl (C=O) groups excluding carboxylic acids is 3. The Hall–Kier alpha value is -4.69. The minimum Gasteiger partial charge on any atom is -0.457 e. The number of methoxy groups -OCH3 is 1. The SMILES string of the molecule is COC(=O)N[C@H](C(=O)N1CCC[C@H]1C1=NCC(c2ccc3c(c2)C(C)(C)c2ccc(C4CN=C(CCCCNC(=O)C[C@H](C)O)N4)cc2O3)N1)[C@H](C)O. The highest BCUT2D eigenvalue weighted by molar-refractivity contribution is 5.95. The number of ether oxygens (including phenoxy) is 2. The van der Waals surface area contributed by atoms with Crippen molar-refractivity contribution in [3.8, 4) is 11.5 Å². The molecule has 1 saturated heterocycles. The van der Waals surface area contributed by atoms with Gasteiger partial charge in [-0.15, -0.1) is 0 Å². The molecule has 0 spiro atoms. The molecule has 0 aliphatic carbocycles. The van der Waals surface area contributed by atoms with E-state index in [2.05, 4.69) is 70.2 Å². The number of rotatable bonds is 13. The number of hydrogen-bond acceptors (Lipinski definition) is 11. The van der Waals surface area contributed by atoms with Crippen molar-refractivity contribution in [1.82, 2.24) is 26.2 Å². The normalized spacial score (nSPS) is 22.8. The molecule has 14 heteroatoms. The average Bonchev–Trinajstić information content (AvgIpc) is 3.91. The topological polar surface area (TPSA) is 186 Å². The van der Waals surface area contributed by atoms with Gasteiger partial charge in [-0.05, 0) is 68.9 Å². The van der Waals surface area contributed by atoms with Gasteiger partial charge in [-0.3, -0.25) is 19.6 Å². The Labute approximate surface area is 310 Å². The quantitative estimate of drug-likeness (QED) is 0.168. The number of hydrogen-bond donors (Lipinski definition) is 6. The van der Waals surface area contributed by atoms with Crippen molar-refractivity contribution < 1.29 is 34.1 Å².